The summed E-state index contributed by atoms with van der Waals surface area (Å²) < 4.78 is 0. The zero-order valence-corrected chi connectivity index (χ0v) is 9.41. The van der Waals surface area contributed by atoms with E-state index in [1.807, 2.05) is 32.3 Å². The van der Waals surface area contributed by atoms with Crippen molar-refractivity contribution in [2.45, 2.75) is 45.6 Å². The minimum absolute atomic E-state index is 0.482. The lowest BCUT2D eigenvalue weighted by atomic mass is 9.92. The van der Waals surface area contributed by atoms with Crippen LogP contribution in [0.1, 0.15) is 44.7 Å². The van der Waals surface area contributed by atoms with Crippen molar-refractivity contribution in [2.75, 3.05) is 0 Å². The molecule has 1 heterocycles. The molecule has 1 aromatic heterocycles. The van der Waals surface area contributed by atoms with Gasteiger partial charge < -0.3 is 5.11 Å². The van der Waals surface area contributed by atoms with Gasteiger partial charge in [-0.05, 0) is 37.0 Å². The van der Waals surface area contributed by atoms with E-state index in [0.29, 0.717) is 12.3 Å². The Morgan fingerprint density at radius 2 is 2.07 bits per heavy atom. The Bertz CT molecular complexity index is 299. The van der Waals surface area contributed by atoms with E-state index < -0.39 is 5.60 Å². The van der Waals surface area contributed by atoms with E-state index in [-0.39, 0.29) is 0 Å². The first kappa shape index (κ1) is 11.2. The summed E-state index contributed by atoms with van der Waals surface area (Å²) in [5.41, 5.74) is 1.77. The Morgan fingerprint density at radius 1 is 1.43 bits per heavy atom. The smallest absolute Gasteiger partial charge is 0.0632 e. The second-order valence-electron chi connectivity index (χ2n) is 4.72. The van der Waals surface area contributed by atoms with Crippen molar-refractivity contribution in [1.29, 1.82) is 0 Å². The van der Waals surface area contributed by atoms with Gasteiger partial charge in [0.2, 0.25) is 0 Å². The van der Waals surface area contributed by atoms with Gasteiger partial charge in [-0.2, -0.15) is 0 Å². The summed E-state index contributed by atoms with van der Waals surface area (Å²) in [6.45, 7) is 7.96. The molecule has 1 aromatic rings. The Balaban J connectivity index is 2.96. The average Bonchev–Trinajstić information content (AvgIpc) is 2.01. The van der Waals surface area contributed by atoms with E-state index in [0.717, 1.165) is 5.56 Å². The molecular weight excluding hydrogens is 174 g/mol. The van der Waals surface area contributed by atoms with Crippen molar-refractivity contribution in [3.63, 3.8) is 0 Å². The van der Waals surface area contributed by atoms with Crippen LogP contribution in [0.25, 0.3) is 0 Å². The van der Waals surface area contributed by atoms with E-state index in [9.17, 15) is 5.11 Å². The summed E-state index contributed by atoms with van der Waals surface area (Å²) in [5.74, 6) is 0.482. The third kappa shape index (κ3) is 3.11. The summed E-state index contributed by atoms with van der Waals surface area (Å²) in [5, 5.41) is 9.75. The highest BCUT2D eigenvalue weighted by atomic mass is 16.3. The van der Waals surface area contributed by atoms with Gasteiger partial charge in [-0.15, -0.1) is 0 Å². The van der Waals surface area contributed by atoms with Crippen LogP contribution in [0.5, 0.6) is 0 Å². The van der Waals surface area contributed by atoms with Crippen LogP contribution in [0.3, 0.4) is 0 Å². The van der Waals surface area contributed by atoms with E-state index >= 15 is 0 Å². The van der Waals surface area contributed by atoms with Crippen LogP contribution in [-0.2, 0) is 6.42 Å². The van der Waals surface area contributed by atoms with Gasteiger partial charge in [-0.3, -0.25) is 4.98 Å². The van der Waals surface area contributed by atoms with Gasteiger partial charge in [0.05, 0.1) is 5.60 Å². The summed E-state index contributed by atoms with van der Waals surface area (Å²) in [7, 11) is 0. The molecule has 0 spiro atoms. The monoisotopic (exact) mass is 193 g/mol. The summed E-state index contributed by atoms with van der Waals surface area (Å²) >= 11 is 0. The Kier molecular flexibility index (Phi) is 3.27. The van der Waals surface area contributed by atoms with Crippen LogP contribution >= 0.6 is 0 Å². The molecule has 0 fully saturated rings. The summed E-state index contributed by atoms with van der Waals surface area (Å²) in [4.78, 5) is 4.10. The lowest BCUT2D eigenvalue weighted by Crippen LogP contribution is -2.22. The fraction of sp³-hybridized carbons (Fsp3) is 0.583. The lowest BCUT2D eigenvalue weighted by Gasteiger charge is -2.20. The van der Waals surface area contributed by atoms with E-state index in [1.165, 1.54) is 5.56 Å². The normalized spacial score (nSPS) is 12.1. The minimum atomic E-state index is -0.660. The summed E-state index contributed by atoms with van der Waals surface area (Å²) in [6.07, 6.45) is 4.32. The molecule has 1 N–H and O–H groups in total. The number of nitrogens with zero attached hydrogens (tertiary/aromatic N) is 1. The second kappa shape index (κ2) is 4.09. The summed E-state index contributed by atoms with van der Waals surface area (Å²) in [6, 6.07) is 2.03. The van der Waals surface area contributed by atoms with Crippen molar-refractivity contribution in [3.8, 4) is 0 Å². The number of aliphatic hydroxyl groups is 1. The molecule has 0 amide bonds. The molecule has 0 unspecified atom stereocenters. The zero-order chi connectivity index (χ0) is 10.8. The molecule has 2 heteroatoms. The molecule has 0 atom stereocenters. The number of hydrogen-bond donors (Lipinski definition) is 1. The number of rotatable bonds is 3. The lowest BCUT2D eigenvalue weighted by molar-refractivity contribution is 0.0806. The molecule has 14 heavy (non-hydrogen) atoms. The SMILES string of the molecule is CC(C)c1ccncc1CC(C)(C)O. The fourth-order valence-electron chi connectivity index (χ4n) is 1.61. The molecule has 0 aliphatic rings. The molecule has 0 saturated heterocycles. The average molecular weight is 193 g/mol. The highest BCUT2D eigenvalue weighted by Gasteiger charge is 2.16. The highest BCUT2D eigenvalue weighted by Crippen LogP contribution is 2.22. The third-order valence-corrected chi connectivity index (χ3v) is 2.19. The molecule has 2 nitrogen and oxygen atoms in total. The number of pyridine rings is 1. The zero-order valence-electron chi connectivity index (χ0n) is 9.41. The largest absolute Gasteiger partial charge is 0.390 e. The predicted molar refractivity (Wildman–Crippen MR) is 58.3 cm³/mol. The molecule has 0 bridgehead atoms. The van der Waals surface area contributed by atoms with Gasteiger partial charge in [0, 0.05) is 18.8 Å². The first-order valence-electron chi connectivity index (χ1n) is 5.05. The molecular formula is C12H19NO. The third-order valence-electron chi connectivity index (χ3n) is 2.19. The van der Waals surface area contributed by atoms with Crippen LogP contribution < -0.4 is 0 Å². The van der Waals surface area contributed by atoms with Gasteiger partial charge >= 0.3 is 0 Å². The van der Waals surface area contributed by atoms with Crippen LogP contribution in [0.2, 0.25) is 0 Å². The fourth-order valence-corrected chi connectivity index (χ4v) is 1.61. The molecule has 0 aromatic carbocycles. The van der Waals surface area contributed by atoms with Gasteiger partial charge in [-0.1, -0.05) is 13.8 Å². The van der Waals surface area contributed by atoms with Gasteiger partial charge in [0.15, 0.2) is 0 Å². The van der Waals surface area contributed by atoms with Crippen LogP contribution in [0.15, 0.2) is 18.5 Å². The van der Waals surface area contributed by atoms with Crippen LogP contribution in [-0.4, -0.2) is 15.7 Å². The van der Waals surface area contributed by atoms with Gasteiger partial charge in [0.1, 0.15) is 0 Å². The predicted octanol–water partition coefficient (Wildman–Crippen LogP) is 2.52. The molecule has 0 radical (unpaired) electrons. The Morgan fingerprint density at radius 3 is 2.57 bits per heavy atom. The van der Waals surface area contributed by atoms with Crippen molar-refractivity contribution < 1.29 is 5.11 Å². The standard InChI is InChI=1S/C12H19NO/c1-9(2)11-5-6-13-8-10(11)7-12(3,4)14/h5-6,8-9,14H,7H2,1-4H3. The van der Waals surface area contributed by atoms with Crippen molar-refractivity contribution in [3.05, 3.63) is 29.6 Å². The Labute approximate surface area is 86.0 Å². The van der Waals surface area contributed by atoms with Crippen molar-refractivity contribution >= 4 is 0 Å². The maximum absolute atomic E-state index is 9.75. The van der Waals surface area contributed by atoms with E-state index in [1.54, 1.807) is 0 Å². The van der Waals surface area contributed by atoms with Crippen LogP contribution in [0.4, 0.5) is 0 Å². The van der Waals surface area contributed by atoms with Gasteiger partial charge in [-0.25, -0.2) is 0 Å². The van der Waals surface area contributed by atoms with Gasteiger partial charge in [0.25, 0.3) is 0 Å². The van der Waals surface area contributed by atoms with E-state index in [4.69, 9.17) is 0 Å². The molecule has 0 aliphatic heterocycles. The quantitative estimate of drug-likeness (QED) is 0.800. The van der Waals surface area contributed by atoms with Crippen LogP contribution in [0, 0.1) is 0 Å². The molecule has 1 rings (SSSR count). The topological polar surface area (TPSA) is 33.1 Å². The first-order chi connectivity index (χ1) is 6.40. The maximum Gasteiger partial charge on any atom is 0.0632 e. The number of hydrogen-bond acceptors (Lipinski definition) is 2. The van der Waals surface area contributed by atoms with Crippen molar-refractivity contribution in [1.82, 2.24) is 4.98 Å². The van der Waals surface area contributed by atoms with Crippen molar-refractivity contribution in [2.24, 2.45) is 0 Å². The highest BCUT2D eigenvalue weighted by molar-refractivity contribution is 5.27. The molecule has 0 saturated carbocycles. The number of aromatic nitrogens is 1. The molecule has 0 aliphatic carbocycles. The van der Waals surface area contributed by atoms with E-state index in [2.05, 4.69) is 18.8 Å². The minimum Gasteiger partial charge on any atom is -0.390 e. The second-order valence-corrected chi connectivity index (χ2v) is 4.72. The maximum atomic E-state index is 9.75. The molecule has 78 valence electrons. The first-order valence-corrected chi connectivity index (χ1v) is 5.05. The Hall–Kier alpha value is -0.890.